The molecule has 0 aliphatic carbocycles. The van der Waals surface area contributed by atoms with Gasteiger partial charge in [-0.2, -0.15) is 0 Å². The van der Waals surface area contributed by atoms with Gasteiger partial charge in [0, 0.05) is 16.3 Å². The highest BCUT2D eigenvalue weighted by atomic mass is 32.1. The van der Waals surface area contributed by atoms with Gasteiger partial charge >= 0.3 is 0 Å². The van der Waals surface area contributed by atoms with Crippen molar-refractivity contribution >= 4 is 23.2 Å². The van der Waals surface area contributed by atoms with E-state index in [2.05, 4.69) is 48.5 Å². The Balaban J connectivity index is 2.43. The predicted octanol–water partition coefficient (Wildman–Crippen LogP) is 5.52. The smallest absolute Gasteiger partial charge is 0.262 e. The van der Waals surface area contributed by atoms with E-state index in [-0.39, 0.29) is 22.6 Å². The molecule has 2 heterocycles. The molecule has 0 N–H and O–H groups in total. The molecule has 3 nitrogen and oxygen atoms in total. The van der Waals surface area contributed by atoms with Gasteiger partial charge in [0.2, 0.25) is 0 Å². The van der Waals surface area contributed by atoms with Gasteiger partial charge in [-0.1, -0.05) is 67.7 Å². The number of hydrogen-bond acceptors (Lipinski definition) is 3. The topological polar surface area (TPSA) is 37.4 Å². The van der Waals surface area contributed by atoms with E-state index in [1.807, 2.05) is 0 Å². The summed E-state index contributed by atoms with van der Waals surface area (Å²) in [5.74, 6) is -0.161. The summed E-state index contributed by atoms with van der Waals surface area (Å²) in [5, 5.41) is 0. The monoisotopic (exact) mass is 349 g/mol. The van der Waals surface area contributed by atoms with Crippen LogP contribution in [0.5, 0.6) is 0 Å². The molecule has 1 aromatic rings. The fourth-order valence-corrected chi connectivity index (χ4v) is 4.56. The third-order valence-electron chi connectivity index (χ3n) is 4.42. The number of carbonyl (C=O) groups excluding carboxylic acids is 2. The van der Waals surface area contributed by atoms with Gasteiger partial charge in [-0.05, 0) is 17.3 Å². The molecular weight excluding hydrogens is 318 g/mol. The van der Waals surface area contributed by atoms with Gasteiger partial charge in [0.15, 0.2) is 0 Å². The molecule has 0 fully saturated rings. The standard InChI is InChI=1S/C20H31NO2S/c1-8-9-10-11-12-21-17(22)13-14(18(21)23)16(20(5,6)7)24-15(13)19(2,3)4/h8-12H2,1-7H3. The number of thiophene rings is 1. The second kappa shape index (κ2) is 6.62. The summed E-state index contributed by atoms with van der Waals surface area (Å²) in [6.45, 7) is 15.4. The first-order valence-electron chi connectivity index (χ1n) is 9.04. The number of hydrogen-bond donors (Lipinski definition) is 0. The van der Waals surface area contributed by atoms with E-state index in [9.17, 15) is 9.59 Å². The minimum atomic E-state index is -0.133. The van der Waals surface area contributed by atoms with Crippen LogP contribution in [-0.4, -0.2) is 23.3 Å². The van der Waals surface area contributed by atoms with Crippen molar-refractivity contribution < 1.29 is 9.59 Å². The molecule has 0 saturated carbocycles. The van der Waals surface area contributed by atoms with Crippen molar-refractivity contribution in [2.24, 2.45) is 0 Å². The Hall–Kier alpha value is -1.16. The molecule has 0 atom stereocenters. The summed E-state index contributed by atoms with van der Waals surface area (Å²) in [6, 6.07) is 0. The molecule has 0 saturated heterocycles. The molecule has 0 spiro atoms. The second-order valence-electron chi connectivity index (χ2n) is 8.83. The van der Waals surface area contributed by atoms with Crippen LogP contribution in [0.15, 0.2) is 0 Å². The van der Waals surface area contributed by atoms with E-state index >= 15 is 0 Å². The highest BCUT2D eigenvalue weighted by Gasteiger charge is 2.45. The Morgan fingerprint density at radius 1 is 0.792 bits per heavy atom. The SMILES string of the molecule is CCCCCCN1C(=O)c2c(C(C)(C)C)sc(C(C)(C)C)c2C1=O. The van der Waals surface area contributed by atoms with E-state index in [1.165, 1.54) is 4.90 Å². The molecule has 2 amide bonds. The van der Waals surface area contributed by atoms with Gasteiger partial charge in [0.25, 0.3) is 11.8 Å². The number of imide groups is 1. The predicted molar refractivity (Wildman–Crippen MR) is 101 cm³/mol. The quantitative estimate of drug-likeness (QED) is 0.518. The Morgan fingerprint density at radius 2 is 1.25 bits per heavy atom. The Labute approximate surface area is 150 Å². The fourth-order valence-electron chi connectivity index (χ4n) is 3.16. The highest BCUT2D eigenvalue weighted by Crippen LogP contribution is 2.45. The van der Waals surface area contributed by atoms with E-state index in [1.54, 1.807) is 11.3 Å². The maximum Gasteiger partial charge on any atom is 0.262 e. The first kappa shape index (κ1) is 19.2. The van der Waals surface area contributed by atoms with Gasteiger partial charge in [0.1, 0.15) is 0 Å². The molecule has 2 rings (SSSR count). The normalized spacial score (nSPS) is 15.4. The number of unbranched alkanes of at least 4 members (excludes halogenated alkanes) is 3. The van der Waals surface area contributed by atoms with E-state index in [4.69, 9.17) is 0 Å². The van der Waals surface area contributed by atoms with Gasteiger partial charge < -0.3 is 0 Å². The maximum absolute atomic E-state index is 13.0. The molecule has 0 aromatic carbocycles. The van der Waals surface area contributed by atoms with Crippen LogP contribution in [0.4, 0.5) is 0 Å². The van der Waals surface area contributed by atoms with Gasteiger partial charge in [0.05, 0.1) is 11.1 Å². The summed E-state index contributed by atoms with van der Waals surface area (Å²) in [4.78, 5) is 29.6. The molecular formula is C20H31NO2S. The van der Waals surface area contributed by atoms with Crippen LogP contribution in [0, 0.1) is 0 Å². The molecule has 134 valence electrons. The molecule has 4 heteroatoms. The average molecular weight is 350 g/mol. The van der Waals surface area contributed by atoms with Crippen molar-refractivity contribution in [1.29, 1.82) is 0 Å². The van der Waals surface area contributed by atoms with Gasteiger partial charge in [-0.15, -0.1) is 11.3 Å². The lowest BCUT2D eigenvalue weighted by Gasteiger charge is -2.22. The Bertz CT molecular complexity index is 595. The van der Waals surface area contributed by atoms with Crippen molar-refractivity contribution in [3.8, 4) is 0 Å². The van der Waals surface area contributed by atoms with E-state index in [0.717, 1.165) is 35.4 Å². The van der Waals surface area contributed by atoms with E-state index in [0.29, 0.717) is 17.7 Å². The van der Waals surface area contributed by atoms with Crippen LogP contribution in [-0.2, 0) is 10.8 Å². The lowest BCUT2D eigenvalue weighted by atomic mass is 9.87. The summed E-state index contributed by atoms with van der Waals surface area (Å²) >= 11 is 1.65. The first-order chi connectivity index (χ1) is 11.0. The van der Waals surface area contributed by atoms with Crippen LogP contribution in [0.2, 0.25) is 0 Å². The second-order valence-corrected chi connectivity index (χ2v) is 9.85. The third kappa shape index (κ3) is 3.44. The van der Waals surface area contributed by atoms with Crippen molar-refractivity contribution in [3.63, 3.8) is 0 Å². The largest absolute Gasteiger partial charge is 0.274 e. The summed E-state index contributed by atoms with van der Waals surface area (Å²) in [6.07, 6.45) is 4.27. The van der Waals surface area contributed by atoms with Crippen LogP contribution in [0.3, 0.4) is 0 Å². The molecule has 1 aliphatic rings. The molecule has 1 aliphatic heterocycles. The fraction of sp³-hybridized carbons (Fsp3) is 0.700. The molecule has 1 aromatic heterocycles. The number of rotatable bonds is 5. The maximum atomic E-state index is 13.0. The van der Waals surface area contributed by atoms with Gasteiger partial charge in [-0.3, -0.25) is 14.5 Å². The number of fused-ring (bicyclic) bond motifs is 1. The summed E-state index contributed by atoms with van der Waals surface area (Å²) < 4.78 is 0. The number of amides is 2. The van der Waals surface area contributed by atoms with Crippen LogP contribution in [0.25, 0.3) is 0 Å². The van der Waals surface area contributed by atoms with Crippen LogP contribution >= 0.6 is 11.3 Å². The summed E-state index contributed by atoms with van der Waals surface area (Å²) in [5.41, 5.74) is 1.09. The lowest BCUT2D eigenvalue weighted by molar-refractivity contribution is 0.0649. The minimum Gasteiger partial charge on any atom is -0.274 e. The minimum absolute atomic E-state index is 0.0804. The molecule has 0 bridgehead atoms. The zero-order valence-electron chi connectivity index (χ0n) is 16.2. The van der Waals surface area contributed by atoms with Crippen molar-refractivity contribution in [3.05, 3.63) is 20.9 Å². The summed E-state index contributed by atoms with van der Waals surface area (Å²) in [7, 11) is 0. The zero-order chi connectivity index (χ0) is 18.3. The van der Waals surface area contributed by atoms with E-state index < -0.39 is 0 Å². The van der Waals surface area contributed by atoms with Gasteiger partial charge in [-0.25, -0.2) is 0 Å². The number of nitrogens with zero attached hydrogens (tertiary/aromatic N) is 1. The van der Waals surface area contributed by atoms with Crippen LogP contribution < -0.4 is 0 Å². The Kier molecular flexibility index (Phi) is 5.29. The van der Waals surface area contributed by atoms with Crippen molar-refractivity contribution in [2.75, 3.05) is 6.54 Å². The average Bonchev–Trinajstić information content (AvgIpc) is 2.95. The zero-order valence-corrected chi connectivity index (χ0v) is 17.0. The highest BCUT2D eigenvalue weighted by molar-refractivity contribution is 7.13. The molecule has 0 unspecified atom stereocenters. The molecule has 0 radical (unpaired) electrons. The third-order valence-corrected chi connectivity index (χ3v) is 6.47. The first-order valence-corrected chi connectivity index (χ1v) is 9.85. The Morgan fingerprint density at radius 3 is 1.62 bits per heavy atom. The van der Waals surface area contributed by atoms with Crippen molar-refractivity contribution in [2.45, 2.75) is 85.0 Å². The van der Waals surface area contributed by atoms with Crippen LogP contribution in [0.1, 0.15) is 105 Å². The lowest BCUT2D eigenvalue weighted by Crippen LogP contribution is -2.32. The number of carbonyl (C=O) groups is 2. The van der Waals surface area contributed by atoms with Crippen molar-refractivity contribution in [1.82, 2.24) is 4.90 Å². The molecule has 24 heavy (non-hydrogen) atoms.